The summed E-state index contributed by atoms with van der Waals surface area (Å²) in [6.45, 7) is 2.50. The van der Waals surface area contributed by atoms with Crippen molar-refractivity contribution in [1.29, 1.82) is 0 Å². The fraction of sp³-hybridized carbons (Fsp3) is 0.667. The summed E-state index contributed by atoms with van der Waals surface area (Å²) < 4.78 is 0. The smallest absolute Gasteiger partial charge is 0.248 e. The monoisotopic (exact) mass is 365 g/mol. The van der Waals surface area contributed by atoms with Gasteiger partial charge in [0.1, 0.15) is 5.78 Å². The zero-order chi connectivity index (χ0) is 18.8. The molecule has 5 atom stereocenters. The Morgan fingerprint density at radius 1 is 1.22 bits per heavy atom. The van der Waals surface area contributed by atoms with E-state index in [-0.39, 0.29) is 11.3 Å². The molecule has 0 aliphatic heterocycles. The first kappa shape index (κ1) is 17.5. The third-order valence-corrected chi connectivity index (χ3v) is 8.90. The highest BCUT2D eigenvalue weighted by Gasteiger charge is 2.57. The molecule has 27 heavy (non-hydrogen) atoms. The number of carbonyl (C=O) groups is 2. The molecule has 0 spiro atoms. The summed E-state index contributed by atoms with van der Waals surface area (Å²) >= 11 is 0. The number of Topliss-reactive ketones (excluding diaryl/α,β-unsaturated/α-hetero) is 1. The Labute approximate surface area is 162 Å². The van der Waals surface area contributed by atoms with Gasteiger partial charge in [-0.1, -0.05) is 32.3 Å². The normalized spacial score (nSPS) is 36.3. The molecule has 2 bridgehead atoms. The molecule has 3 nitrogen and oxygen atoms in total. The van der Waals surface area contributed by atoms with Crippen molar-refractivity contribution in [3.63, 3.8) is 0 Å². The van der Waals surface area contributed by atoms with E-state index in [9.17, 15) is 9.59 Å². The first-order chi connectivity index (χ1) is 13.0. The molecule has 144 valence electrons. The SMILES string of the molecule is CC(C1CCC1)C1CCC23CC(=O)CCC2C1Cc1ccc(C(N)=O)cc13. The minimum Gasteiger partial charge on any atom is -0.366 e. The molecule has 5 rings (SSSR count). The van der Waals surface area contributed by atoms with Crippen molar-refractivity contribution >= 4 is 11.7 Å². The fourth-order valence-corrected chi connectivity index (χ4v) is 7.31. The Morgan fingerprint density at radius 2 is 2.04 bits per heavy atom. The van der Waals surface area contributed by atoms with Crippen LogP contribution in [0.15, 0.2) is 18.2 Å². The lowest BCUT2D eigenvalue weighted by Crippen LogP contribution is -2.55. The van der Waals surface area contributed by atoms with Crippen molar-refractivity contribution in [2.45, 2.75) is 70.1 Å². The van der Waals surface area contributed by atoms with Gasteiger partial charge >= 0.3 is 0 Å². The van der Waals surface area contributed by atoms with Crippen LogP contribution in [0.4, 0.5) is 0 Å². The topological polar surface area (TPSA) is 60.2 Å². The number of hydrogen-bond donors (Lipinski definition) is 1. The second-order valence-corrected chi connectivity index (χ2v) is 9.87. The molecule has 4 aliphatic carbocycles. The van der Waals surface area contributed by atoms with E-state index >= 15 is 0 Å². The van der Waals surface area contributed by atoms with Crippen LogP contribution < -0.4 is 5.73 Å². The predicted octanol–water partition coefficient (Wildman–Crippen LogP) is 4.41. The summed E-state index contributed by atoms with van der Waals surface area (Å²) in [6.07, 6.45) is 10.2. The fourth-order valence-electron chi connectivity index (χ4n) is 7.31. The van der Waals surface area contributed by atoms with Gasteiger partial charge in [0.25, 0.3) is 0 Å². The average molecular weight is 366 g/mol. The lowest BCUT2D eigenvalue weighted by molar-refractivity contribution is -0.128. The molecule has 4 aliphatic rings. The van der Waals surface area contributed by atoms with Gasteiger partial charge in [-0.25, -0.2) is 0 Å². The van der Waals surface area contributed by atoms with E-state index in [1.165, 1.54) is 36.8 Å². The molecular weight excluding hydrogens is 334 g/mol. The summed E-state index contributed by atoms with van der Waals surface area (Å²) in [7, 11) is 0. The summed E-state index contributed by atoms with van der Waals surface area (Å²) in [4.78, 5) is 24.3. The Bertz CT molecular complexity index is 796. The minimum absolute atomic E-state index is 0.0329. The molecule has 0 aromatic heterocycles. The standard InChI is InChI=1S/C24H31NO2/c1-14(15-3-2-4-15)19-9-10-24-13-18(26)7-8-21(24)20(19)11-16-5-6-17(23(25)27)12-22(16)24/h5-6,12,14-15,19-21H,2-4,7-11,13H2,1H3,(H2,25,27). The lowest BCUT2D eigenvalue weighted by Gasteiger charge is -2.59. The Morgan fingerprint density at radius 3 is 2.74 bits per heavy atom. The molecule has 1 aromatic rings. The first-order valence-electron chi connectivity index (χ1n) is 10.9. The van der Waals surface area contributed by atoms with Gasteiger partial charge in [0, 0.05) is 23.8 Å². The van der Waals surface area contributed by atoms with Crippen molar-refractivity contribution in [3.05, 3.63) is 34.9 Å². The highest BCUT2D eigenvalue weighted by atomic mass is 16.1. The van der Waals surface area contributed by atoms with Crippen LogP contribution in [0.2, 0.25) is 0 Å². The summed E-state index contributed by atoms with van der Waals surface area (Å²) in [6, 6.07) is 6.06. The van der Waals surface area contributed by atoms with Gasteiger partial charge in [0.15, 0.2) is 0 Å². The van der Waals surface area contributed by atoms with Gasteiger partial charge in [0.05, 0.1) is 0 Å². The molecule has 2 N–H and O–H groups in total. The maximum atomic E-state index is 12.5. The molecule has 5 unspecified atom stereocenters. The number of fused-ring (bicyclic) bond motifs is 1. The molecule has 0 radical (unpaired) electrons. The summed E-state index contributed by atoms with van der Waals surface area (Å²) in [5.74, 6) is 3.89. The molecule has 1 aromatic carbocycles. The van der Waals surface area contributed by atoms with Crippen molar-refractivity contribution in [2.24, 2.45) is 35.3 Å². The number of ketones is 1. The molecule has 3 heteroatoms. The van der Waals surface area contributed by atoms with Crippen LogP contribution >= 0.6 is 0 Å². The van der Waals surface area contributed by atoms with Crippen LogP contribution in [0.25, 0.3) is 0 Å². The van der Waals surface area contributed by atoms with E-state index in [4.69, 9.17) is 5.73 Å². The molecule has 3 saturated carbocycles. The van der Waals surface area contributed by atoms with Crippen molar-refractivity contribution in [3.8, 4) is 0 Å². The van der Waals surface area contributed by atoms with Crippen LogP contribution in [0.3, 0.4) is 0 Å². The van der Waals surface area contributed by atoms with Gasteiger partial charge in [-0.3, -0.25) is 9.59 Å². The molecule has 0 saturated heterocycles. The summed E-state index contributed by atoms with van der Waals surface area (Å²) in [5, 5.41) is 0. The van der Waals surface area contributed by atoms with E-state index < -0.39 is 0 Å². The van der Waals surface area contributed by atoms with E-state index in [1.54, 1.807) is 0 Å². The van der Waals surface area contributed by atoms with E-state index in [0.29, 0.717) is 29.6 Å². The predicted molar refractivity (Wildman–Crippen MR) is 105 cm³/mol. The molecule has 0 heterocycles. The molecule has 3 fully saturated rings. The first-order valence-corrected chi connectivity index (χ1v) is 10.9. The minimum atomic E-state index is -0.359. The average Bonchev–Trinajstić information content (AvgIpc) is 2.59. The van der Waals surface area contributed by atoms with Crippen LogP contribution in [-0.4, -0.2) is 11.7 Å². The van der Waals surface area contributed by atoms with Crippen LogP contribution in [0, 0.1) is 29.6 Å². The third-order valence-electron chi connectivity index (χ3n) is 8.90. The maximum Gasteiger partial charge on any atom is 0.248 e. The van der Waals surface area contributed by atoms with Crippen LogP contribution in [-0.2, 0) is 16.6 Å². The van der Waals surface area contributed by atoms with Crippen LogP contribution in [0.1, 0.15) is 79.8 Å². The lowest BCUT2D eigenvalue weighted by atomic mass is 9.44. The van der Waals surface area contributed by atoms with E-state index in [2.05, 4.69) is 13.0 Å². The molecular formula is C24H31NO2. The second-order valence-electron chi connectivity index (χ2n) is 9.87. The van der Waals surface area contributed by atoms with E-state index in [1.807, 2.05) is 12.1 Å². The Balaban J connectivity index is 1.58. The van der Waals surface area contributed by atoms with Crippen molar-refractivity contribution < 1.29 is 9.59 Å². The third kappa shape index (κ3) is 2.53. The molecule has 1 amide bonds. The number of benzene rings is 1. The quantitative estimate of drug-likeness (QED) is 0.862. The van der Waals surface area contributed by atoms with Crippen molar-refractivity contribution in [2.75, 3.05) is 0 Å². The number of nitrogens with two attached hydrogens (primary N) is 1. The highest BCUT2D eigenvalue weighted by molar-refractivity contribution is 5.93. The largest absolute Gasteiger partial charge is 0.366 e. The van der Waals surface area contributed by atoms with Crippen LogP contribution in [0.5, 0.6) is 0 Å². The zero-order valence-corrected chi connectivity index (χ0v) is 16.4. The number of hydrogen-bond acceptors (Lipinski definition) is 2. The van der Waals surface area contributed by atoms with Gasteiger partial charge in [-0.15, -0.1) is 0 Å². The highest BCUT2D eigenvalue weighted by Crippen LogP contribution is 2.61. The Kier molecular flexibility index (Phi) is 4.00. The van der Waals surface area contributed by atoms with Crippen molar-refractivity contribution in [1.82, 2.24) is 0 Å². The van der Waals surface area contributed by atoms with Gasteiger partial charge in [-0.05, 0) is 78.5 Å². The number of primary amides is 1. The number of carbonyl (C=O) groups excluding carboxylic acids is 2. The number of rotatable bonds is 3. The second kappa shape index (κ2) is 6.18. The zero-order valence-electron chi connectivity index (χ0n) is 16.4. The van der Waals surface area contributed by atoms with E-state index in [0.717, 1.165) is 43.4 Å². The summed E-state index contributed by atoms with van der Waals surface area (Å²) in [5.41, 5.74) is 8.80. The Hall–Kier alpha value is -1.64. The van der Waals surface area contributed by atoms with Gasteiger partial charge in [0.2, 0.25) is 5.91 Å². The van der Waals surface area contributed by atoms with Gasteiger partial charge < -0.3 is 5.73 Å². The van der Waals surface area contributed by atoms with Gasteiger partial charge in [-0.2, -0.15) is 0 Å². The maximum absolute atomic E-state index is 12.5. The number of amides is 1.